The van der Waals surface area contributed by atoms with Crippen LogP contribution in [0.25, 0.3) is 0 Å². The third kappa shape index (κ3) is 4.13. The molecule has 1 atom stereocenters. The molecule has 5 heteroatoms. The van der Waals surface area contributed by atoms with E-state index >= 15 is 0 Å². The van der Waals surface area contributed by atoms with E-state index in [4.69, 9.17) is 4.74 Å². The highest BCUT2D eigenvalue weighted by Gasteiger charge is 2.24. The second-order valence-corrected chi connectivity index (χ2v) is 4.60. The molecule has 4 nitrogen and oxygen atoms in total. The lowest BCUT2D eigenvalue weighted by Gasteiger charge is -2.25. The van der Waals surface area contributed by atoms with E-state index in [1.807, 2.05) is 0 Å². The highest BCUT2D eigenvalue weighted by Crippen LogP contribution is 2.06. The quantitative estimate of drug-likeness (QED) is 0.410. The third-order valence-electron chi connectivity index (χ3n) is 2.61. The Bertz CT molecular complexity index is 215. The molecule has 1 rings (SSSR count). The molecular weight excluding hydrogens is 199 g/mol. The van der Waals surface area contributed by atoms with Gasteiger partial charge in [-0.2, -0.15) is 4.39 Å². The number of carbonyl (C=O) groups is 1. The minimum atomic E-state index is -0.445. The lowest BCUT2D eigenvalue weighted by molar-refractivity contribution is -0.902. The Morgan fingerprint density at radius 1 is 1.60 bits per heavy atom. The molecular formula is C10H20FN2O2+. The van der Waals surface area contributed by atoms with Crippen molar-refractivity contribution in [2.24, 2.45) is 0 Å². The monoisotopic (exact) mass is 219 g/mol. The van der Waals surface area contributed by atoms with Gasteiger partial charge in [0.2, 0.25) is 6.80 Å². The topological polar surface area (TPSA) is 38.3 Å². The molecule has 1 N–H and O–H groups in total. The number of rotatable bonds is 5. The molecule has 1 aliphatic heterocycles. The molecule has 0 unspecified atom stereocenters. The number of nitrogens with zero attached hydrogens (tertiary/aromatic N) is 1. The van der Waals surface area contributed by atoms with Gasteiger partial charge in [-0.15, -0.1) is 0 Å². The number of ether oxygens (including phenoxy) is 1. The molecule has 1 aliphatic rings. The average Bonchev–Trinajstić information content (AvgIpc) is 2.70. The number of hydrogen-bond acceptors (Lipinski definition) is 3. The highest BCUT2D eigenvalue weighted by atomic mass is 19.1. The Morgan fingerprint density at radius 3 is 2.87 bits per heavy atom. The molecule has 0 amide bonds. The van der Waals surface area contributed by atoms with Gasteiger partial charge in [0.15, 0.2) is 0 Å². The summed E-state index contributed by atoms with van der Waals surface area (Å²) in [6.45, 7) is 1.23. The standard InChI is InChI=1S/C10H20FN2O2/c1-13(2,8-11)6-7-15-10(14)9-4-3-5-12-9/h9,12H,3-8H2,1-2H3/q+1/t9-/m0/s1. The summed E-state index contributed by atoms with van der Waals surface area (Å²) in [5, 5.41) is 3.06. The van der Waals surface area contributed by atoms with E-state index < -0.39 is 6.80 Å². The molecule has 0 saturated carbocycles. The van der Waals surface area contributed by atoms with Crippen LogP contribution in [-0.2, 0) is 9.53 Å². The summed E-state index contributed by atoms with van der Waals surface area (Å²) in [7, 11) is 3.53. The van der Waals surface area contributed by atoms with Crippen molar-refractivity contribution in [3.05, 3.63) is 0 Å². The van der Waals surface area contributed by atoms with E-state index in [1.165, 1.54) is 0 Å². The number of quaternary nitrogens is 1. The Morgan fingerprint density at radius 2 is 2.33 bits per heavy atom. The first kappa shape index (κ1) is 12.4. The van der Waals surface area contributed by atoms with Crippen LogP contribution < -0.4 is 5.32 Å². The molecule has 0 radical (unpaired) electrons. The first-order chi connectivity index (χ1) is 7.05. The number of carbonyl (C=O) groups excluding carboxylic acids is 1. The normalized spacial score (nSPS) is 21.7. The van der Waals surface area contributed by atoms with E-state index in [0.717, 1.165) is 19.4 Å². The van der Waals surface area contributed by atoms with Gasteiger partial charge >= 0.3 is 5.97 Å². The number of alkyl halides is 1. The van der Waals surface area contributed by atoms with Crippen molar-refractivity contribution in [2.45, 2.75) is 18.9 Å². The van der Waals surface area contributed by atoms with E-state index in [1.54, 1.807) is 14.1 Å². The molecule has 0 aromatic carbocycles. The Kier molecular flexibility index (Phi) is 4.47. The van der Waals surface area contributed by atoms with Crippen LogP contribution in [0.5, 0.6) is 0 Å². The zero-order valence-electron chi connectivity index (χ0n) is 9.46. The summed E-state index contributed by atoms with van der Waals surface area (Å²) in [5.74, 6) is -0.202. The van der Waals surface area contributed by atoms with Crippen LogP contribution >= 0.6 is 0 Å². The van der Waals surface area contributed by atoms with Gasteiger partial charge in [-0.05, 0) is 19.4 Å². The minimum Gasteiger partial charge on any atom is -0.459 e. The average molecular weight is 219 g/mol. The van der Waals surface area contributed by atoms with Crippen molar-refractivity contribution >= 4 is 5.97 Å². The van der Waals surface area contributed by atoms with Gasteiger partial charge in [0, 0.05) is 0 Å². The first-order valence-corrected chi connectivity index (χ1v) is 5.33. The highest BCUT2D eigenvalue weighted by molar-refractivity contribution is 5.76. The molecule has 1 heterocycles. The van der Waals surface area contributed by atoms with Crippen molar-refractivity contribution in [1.82, 2.24) is 5.32 Å². The van der Waals surface area contributed by atoms with Gasteiger partial charge in [-0.25, -0.2) is 0 Å². The fraction of sp³-hybridized carbons (Fsp3) is 0.900. The maximum atomic E-state index is 12.4. The zero-order chi connectivity index (χ0) is 11.3. The van der Waals surface area contributed by atoms with Crippen LogP contribution in [-0.4, -0.2) is 57.1 Å². The van der Waals surface area contributed by atoms with Gasteiger partial charge in [0.05, 0.1) is 14.1 Å². The molecule has 0 bridgehead atoms. The maximum absolute atomic E-state index is 12.4. The number of nitrogens with one attached hydrogen (secondary N) is 1. The molecule has 1 saturated heterocycles. The lowest BCUT2D eigenvalue weighted by Crippen LogP contribution is -2.42. The largest absolute Gasteiger partial charge is 0.459 e. The van der Waals surface area contributed by atoms with Crippen LogP contribution in [0, 0.1) is 0 Å². The zero-order valence-corrected chi connectivity index (χ0v) is 9.46. The van der Waals surface area contributed by atoms with Crippen molar-refractivity contribution < 1.29 is 18.4 Å². The van der Waals surface area contributed by atoms with Crippen molar-refractivity contribution in [1.29, 1.82) is 0 Å². The molecule has 0 spiro atoms. The fourth-order valence-corrected chi connectivity index (χ4v) is 1.44. The molecule has 1 fully saturated rings. The molecule has 0 aromatic rings. The van der Waals surface area contributed by atoms with Gasteiger partial charge in [-0.3, -0.25) is 9.28 Å². The first-order valence-electron chi connectivity index (χ1n) is 5.33. The van der Waals surface area contributed by atoms with Crippen LogP contribution in [0.2, 0.25) is 0 Å². The van der Waals surface area contributed by atoms with Crippen LogP contribution in [0.3, 0.4) is 0 Å². The lowest BCUT2D eigenvalue weighted by atomic mass is 10.2. The van der Waals surface area contributed by atoms with E-state index in [-0.39, 0.29) is 23.1 Å². The summed E-state index contributed by atoms with van der Waals surface area (Å²) < 4.78 is 17.7. The van der Waals surface area contributed by atoms with Crippen molar-refractivity contribution in [3.8, 4) is 0 Å². The van der Waals surface area contributed by atoms with Crippen LogP contribution in [0.15, 0.2) is 0 Å². The third-order valence-corrected chi connectivity index (χ3v) is 2.61. The van der Waals surface area contributed by atoms with Gasteiger partial charge in [0.25, 0.3) is 0 Å². The number of hydrogen-bond donors (Lipinski definition) is 1. The molecule has 15 heavy (non-hydrogen) atoms. The van der Waals surface area contributed by atoms with Crippen LogP contribution in [0.4, 0.5) is 4.39 Å². The predicted octanol–water partition coefficient (Wildman–Crippen LogP) is 0.285. The van der Waals surface area contributed by atoms with E-state index in [9.17, 15) is 9.18 Å². The van der Waals surface area contributed by atoms with Gasteiger partial charge < -0.3 is 10.1 Å². The summed E-state index contributed by atoms with van der Waals surface area (Å²) in [5.41, 5.74) is 0. The van der Waals surface area contributed by atoms with Gasteiger partial charge in [0.1, 0.15) is 19.2 Å². The van der Waals surface area contributed by atoms with Crippen LogP contribution in [0.1, 0.15) is 12.8 Å². The Hall–Kier alpha value is -0.680. The van der Waals surface area contributed by atoms with E-state index in [2.05, 4.69) is 5.32 Å². The SMILES string of the molecule is C[N+](C)(CF)CCOC(=O)[C@@H]1CCCN1. The second-order valence-electron chi connectivity index (χ2n) is 4.60. The Balaban J connectivity index is 2.16. The van der Waals surface area contributed by atoms with Gasteiger partial charge in [-0.1, -0.05) is 0 Å². The summed E-state index contributed by atoms with van der Waals surface area (Å²) >= 11 is 0. The summed E-state index contributed by atoms with van der Waals surface area (Å²) in [6.07, 6.45) is 1.87. The second kappa shape index (κ2) is 5.42. The maximum Gasteiger partial charge on any atom is 0.323 e. The molecule has 0 aromatic heterocycles. The fourth-order valence-electron chi connectivity index (χ4n) is 1.44. The molecule has 88 valence electrons. The number of esters is 1. The number of halogens is 1. The number of likely N-dealkylation sites (N-methyl/N-ethyl adjacent to an activating group) is 1. The van der Waals surface area contributed by atoms with Crippen molar-refractivity contribution in [3.63, 3.8) is 0 Å². The minimum absolute atomic E-state index is 0.147. The predicted molar refractivity (Wildman–Crippen MR) is 54.9 cm³/mol. The van der Waals surface area contributed by atoms with E-state index in [0.29, 0.717) is 6.54 Å². The summed E-state index contributed by atoms with van der Waals surface area (Å²) in [6, 6.07) is -0.147. The summed E-state index contributed by atoms with van der Waals surface area (Å²) in [4.78, 5) is 11.4. The smallest absolute Gasteiger partial charge is 0.323 e. The Labute approximate surface area is 90.0 Å². The van der Waals surface area contributed by atoms with Crippen molar-refractivity contribution in [2.75, 3.05) is 40.6 Å². The molecule has 0 aliphatic carbocycles.